The molecule has 1 aromatic carbocycles. The molecule has 1 unspecified atom stereocenters. The van der Waals surface area contributed by atoms with Gasteiger partial charge in [-0.2, -0.15) is 5.26 Å². The summed E-state index contributed by atoms with van der Waals surface area (Å²) in [6.07, 6.45) is 5.46. The summed E-state index contributed by atoms with van der Waals surface area (Å²) in [5, 5.41) is 12.0. The highest BCUT2D eigenvalue weighted by atomic mass is 16.2. The number of nitrogens with one attached hydrogen (secondary N) is 2. The molecule has 0 radical (unpaired) electrons. The lowest BCUT2D eigenvalue weighted by atomic mass is 9.99. The molecule has 2 amide bonds. The summed E-state index contributed by atoms with van der Waals surface area (Å²) < 4.78 is 1.94. The Morgan fingerprint density at radius 1 is 1.16 bits per heavy atom. The molecule has 2 saturated heterocycles. The molecule has 4 heterocycles. The molecule has 1 saturated carbocycles. The van der Waals surface area contributed by atoms with Crippen LogP contribution in [0.5, 0.6) is 0 Å². The van der Waals surface area contributed by atoms with Gasteiger partial charge in [0.05, 0.1) is 19.0 Å². The van der Waals surface area contributed by atoms with Gasteiger partial charge in [-0.05, 0) is 37.9 Å². The van der Waals surface area contributed by atoms with E-state index in [4.69, 9.17) is 10.2 Å². The third-order valence-electron chi connectivity index (χ3n) is 8.03. The summed E-state index contributed by atoms with van der Waals surface area (Å²) in [6, 6.07) is 10.1. The Bertz CT molecular complexity index is 1410. The topological polar surface area (TPSA) is 112 Å². The van der Waals surface area contributed by atoms with Crippen molar-refractivity contribution in [3.63, 3.8) is 0 Å². The number of H-pyrrole nitrogens is 1. The fourth-order valence-electron chi connectivity index (χ4n) is 5.37. The predicted molar refractivity (Wildman–Crippen MR) is 142 cm³/mol. The highest BCUT2D eigenvalue weighted by Crippen LogP contribution is 2.35. The van der Waals surface area contributed by atoms with Gasteiger partial charge in [-0.3, -0.25) is 9.59 Å². The van der Waals surface area contributed by atoms with E-state index in [0.29, 0.717) is 24.2 Å². The molecule has 2 aliphatic heterocycles. The second-order valence-electron chi connectivity index (χ2n) is 10.8. The molecule has 3 fully saturated rings. The zero-order valence-corrected chi connectivity index (χ0v) is 21.9. The summed E-state index contributed by atoms with van der Waals surface area (Å²) in [4.78, 5) is 40.9. The number of nitriles is 1. The summed E-state index contributed by atoms with van der Waals surface area (Å²) in [5.74, 6) is -0.363. The number of likely N-dealkylation sites (tertiary alicyclic amines) is 1. The van der Waals surface area contributed by atoms with Gasteiger partial charge in [-0.1, -0.05) is 12.1 Å². The van der Waals surface area contributed by atoms with E-state index in [1.54, 1.807) is 11.1 Å². The normalized spacial score (nSPS) is 19.2. The minimum absolute atomic E-state index is 0.0909. The van der Waals surface area contributed by atoms with Gasteiger partial charge in [0.15, 0.2) is 5.52 Å². The van der Waals surface area contributed by atoms with Crippen molar-refractivity contribution in [3.8, 4) is 17.3 Å². The summed E-state index contributed by atoms with van der Waals surface area (Å²) in [5.41, 5.74) is 4.68. The first-order valence-corrected chi connectivity index (χ1v) is 13.3. The molecule has 196 valence electrons. The Hall–Kier alpha value is -3.97. The lowest BCUT2D eigenvalue weighted by molar-refractivity contribution is -0.646. The van der Waals surface area contributed by atoms with Gasteiger partial charge < -0.3 is 20.0 Å². The number of hydrogen-bond acceptors (Lipinski definition) is 6. The summed E-state index contributed by atoms with van der Waals surface area (Å²) in [6.45, 7) is 5.01. The number of hydrogen-bond donors (Lipinski definition) is 2. The van der Waals surface area contributed by atoms with E-state index in [9.17, 15) is 9.59 Å². The van der Waals surface area contributed by atoms with Crippen molar-refractivity contribution in [1.82, 2.24) is 25.1 Å². The number of carbonyl (C=O) groups is 2. The number of likely N-dealkylation sites (N-methyl/N-ethyl adjacent to an activating group) is 1. The lowest BCUT2D eigenvalue weighted by Gasteiger charge is -2.37. The van der Waals surface area contributed by atoms with E-state index in [1.807, 2.05) is 17.8 Å². The van der Waals surface area contributed by atoms with Crippen molar-refractivity contribution in [2.45, 2.75) is 18.9 Å². The standard InChI is InChI=1S/C28H32N8O2/c1-33-9-11-35(12-10-33)21-7-5-19(6-8-21)23-17-34(2)26-25(31-23)22(14-30-26)27(37)32-24(20-3-4-20)28(38)36-15-18(13-29)16-36/h5-8,14,17-18,20,24H,3-4,9-12,15-16H2,1-2H3,(H,32,37)/p+1. The molecular weight excluding hydrogens is 480 g/mol. The van der Waals surface area contributed by atoms with Crippen LogP contribution >= 0.6 is 0 Å². The third-order valence-corrected chi connectivity index (χ3v) is 8.03. The molecule has 6 rings (SSSR count). The molecule has 3 aliphatic rings. The Balaban J connectivity index is 1.22. The number of anilines is 1. The van der Waals surface area contributed by atoms with Crippen molar-refractivity contribution in [1.29, 1.82) is 5.26 Å². The number of aromatic nitrogens is 3. The van der Waals surface area contributed by atoms with Gasteiger partial charge in [-0.25, -0.2) is 14.5 Å². The number of fused-ring (bicyclic) bond motifs is 1. The zero-order chi connectivity index (χ0) is 26.4. The fraction of sp³-hybridized carbons (Fsp3) is 0.464. The van der Waals surface area contributed by atoms with Crippen molar-refractivity contribution in [2.24, 2.45) is 18.9 Å². The highest BCUT2D eigenvalue weighted by molar-refractivity contribution is 6.05. The number of benzene rings is 1. The van der Waals surface area contributed by atoms with Crippen LogP contribution in [-0.4, -0.2) is 83.9 Å². The molecule has 38 heavy (non-hydrogen) atoms. The van der Waals surface area contributed by atoms with Crippen molar-refractivity contribution >= 4 is 28.7 Å². The Morgan fingerprint density at radius 2 is 1.87 bits per heavy atom. The number of amides is 2. The monoisotopic (exact) mass is 513 g/mol. The maximum absolute atomic E-state index is 13.4. The molecule has 2 N–H and O–H groups in total. The maximum atomic E-state index is 13.4. The minimum Gasteiger partial charge on any atom is -0.369 e. The number of nitrogens with zero attached hydrogens (tertiary/aromatic N) is 6. The Morgan fingerprint density at radius 3 is 2.53 bits per heavy atom. The third kappa shape index (κ3) is 4.58. The van der Waals surface area contributed by atoms with Crippen LogP contribution in [0.4, 0.5) is 5.69 Å². The molecule has 0 bridgehead atoms. The van der Waals surface area contributed by atoms with Crippen LogP contribution in [0.15, 0.2) is 36.7 Å². The summed E-state index contributed by atoms with van der Waals surface area (Å²) in [7, 11) is 4.08. The fourth-order valence-corrected chi connectivity index (χ4v) is 5.37. The molecular formula is C28H33N8O2+. The molecule has 10 heteroatoms. The van der Waals surface area contributed by atoms with E-state index in [1.165, 1.54) is 5.69 Å². The second kappa shape index (κ2) is 9.72. The average molecular weight is 514 g/mol. The van der Waals surface area contributed by atoms with Crippen molar-refractivity contribution in [2.75, 3.05) is 51.2 Å². The summed E-state index contributed by atoms with van der Waals surface area (Å²) >= 11 is 0. The maximum Gasteiger partial charge on any atom is 0.306 e. The minimum atomic E-state index is -0.564. The van der Waals surface area contributed by atoms with Crippen LogP contribution in [0.1, 0.15) is 23.2 Å². The number of rotatable bonds is 6. The smallest absolute Gasteiger partial charge is 0.306 e. The highest BCUT2D eigenvalue weighted by Gasteiger charge is 2.43. The van der Waals surface area contributed by atoms with Crippen LogP contribution in [0, 0.1) is 23.2 Å². The van der Waals surface area contributed by atoms with E-state index in [0.717, 1.165) is 55.9 Å². The van der Waals surface area contributed by atoms with Crippen LogP contribution in [0.25, 0.3) is 22.4 Å². The van der Waals surface area contributed by atoms with Gasteiger partial charge >= 0.3 is 5.65 Å². The van der Waals surface area contributed by atoms with Gasteiger partial charge in [0.25, 0.3) is 5.91 Å². The molecule has 0 spiro atoms. The molecule has 1 atom stereocenters. The Labute approximate surface area is 221 Å². The SMILES string of the molecule is CN1CCN(c2ccc(-c3c[n+](C)c4[nH]cc(C(=O)NC(C(=O)N5CC(C#N)C5)C5CC5)c4n3)cc2)CC1. The largest absolute Gasteiger partial charge is 0.369 e. The number of aryl methyl sites for hydroxylation is 1. The first kappa shape index (κ1) is 24.4. The van der Waals surface area contributed by atoms with E-state index in [2.05, 4.69) is 57.5 Å². The zero-order valence-electron chi connectivity index (χ0n) is 21.9. The van der Waals surface area contributed by atoms with Gasteiger partial charge in [0.2, 0.25) is 5.91 Å². The number of aromatic amines is 1. The number of carbonyl (C=O) groups excluding carboxylic acids is 2. The predicted octanol–water partition coefficient (Wildman–Crippen LogP) is 1.30. The first-order chi connectivity index (χ1) is 18.4. The van der Waals surface area contributed by atoms with Crippen LogP contribution in [0.2, 0.25) is 0 Å². The second-order valence-corrected chi connectivity index (χ2v) is 10.8. The van der Waals surface area contributed by atoms with Gasteiger partial charge in [-0.15, -0.1) is 0 Å². The van der Waals surface area contributed by atoms with Crippen LogP contribution in [0.3, 0.4) is 0 Å². The molecule has 3 aromatic rings. The van der Waals surface area contributed by atoms with Gasteiger partial charge in [0, 0.05) is 50.5 Å². The first-order valence-electron chi connectivity index (χ1n) is 13.3. The van der Waals surface area contributed by atoms with Gasteiger partial charge in [0.1, 0.15) is 29.7 Å². The molecule has 2 aromatic heterocycles. The quantitative estimate of drug-likeness (QED) is 0.481. The van der Waals surface area contributed by atoms with Crippen molar-refractivity contribution in [3.05, 3.63) is 42.2 Å². The van der Waals surface area contributed by atoms with Crippen LogP contribution < -0.4 is 14.8 Å². The number of piperazine rings is 1. The van der Waals surface area contributed by atoms with E-state index in [-0.39, 0.29) is 23.7 Å². The lowest BCUT2D eigenvalue weighted by Crippen LogP contribution is -2.57. The van der Waals surface area contributed by atoms with Crippen molar-refractivity contribution < 1.29 is 14.2 Å². The Kier molecular flexibility index (Phi) is 6.24. The van der Waals surface area contributed by atoms with E-state index < -0.39 is 6.04 Å². The average Bonchev–Trinajstić information content (AvgIpc) is 3.64. The van der Waals surface area contributed by atoms with Crippen LogP contribution in [-0.2, 0) is 11.8 Å². The molecule has 10 nitrogen and oxygen atoms in total. The van der Waals surface area contributed by atoms with E-state index >= 15 is 0 Å². The molecule has 1 aliphatic carbocycles.